The van der Waals surface area contributed by atoms with Gasteiger partial charge in [-0.2, -0.15) is 0 Å². The molecule has 0 saturated carbocycles. The minimum Gasteiger partial charge on any atom is -0.355 e. The van der Waals surface area contributed by atoms with Crippen LogP contribution in [0.1, 0.15) is 50.2 Å². The van der Waals surface area contributed by atoms with Crippen molar-refractivity contribution in [1.29, 1.82) is 0 Å². The summed E-state index contributed by atoms with van der Waals surface area (Å²) in [5.74, 6) is 0.725. The standard InChI is InChI=1S/C25H32N2O/c1-19(28)26-18-25(21-9-5-3-6-10-21,22-11-7-4-8-12-22)17-20-15-23-13-14-24(16-20)27(23)2/h3-12,20,23-24H,13-18H2,1-2H3,(H,26,28)/t23-,24-/m0/s1. The lowest BCUT2D eigenvalue weighted by Gasteiger charge is -2.43. The second kappa shape index (κ2) is 8.08. The van der Waals surface area contributed by atoms with E-state index in [0.29, 0.717) is 12.5 Å². The third-order valence-corrected chi connectivity index (χ3v) is 7.12. The first-order chi connectivity index (χ1) is 13.6. The molecule has 28 heavy (non-hydrogen) atoms. The maximum absolute atomic E-state index is 11.9. The van der Waals surface area contributed by atoms with Crippen molar-refractivity contribution in [2.24, 2.45) is 5.92 Å². The molecule has 1 amide bonds. The molecule has 0 unspecified atom stereocenters. The van der Waals surface area contributed by atoms with E-state index in [0.717, 1.165) is 18.5 Å². The first-order valence-electron chi connectivity index (χ1n) is 10.7. The summed E-state index contributed by atoms with van der Waals surface area (Å²) in [6.07, 6.45) is 6.31. The highest BCUT2D eigenvalue weighted by Gasteiger charge is 2.43. The van der Waals surface area contributed by atoms with Gasteiger partial charge in [0.1, 0.15) is 0 Å². The number of rotatable bonds is 6. The summed E-state index contributed by atoms with van der Waals surface area (Å²) in [6, 6.07) is 23.0. The van der Waals surface area contributed by atoms with Crippen LogP contribution in [0.25, 0.3) is 0 Å². The van der Waals surface area contributed by atoms with E-state index in [2.05, 4.69) is 77.9 Å². The molecule has 0 aromatic heterocycles. The quantitative estimate of drug-likeness (QED) is 0.812. The van der Waals surface area contributed by atoms with Gasteiger partial charge in [-0.05, 0) is 56.2 Å². The molecular formula is C25H32N2O. The van der Waals surface area contributed by atoms with Gasteiger partial charge in [0.05, 0.1) is 0 Å². The smallest absolute Gasteiger partial charge is 0.216 e. The van der Waals surface area contributed by atoms with Crippen molar-refractivity contribution in [3.05, 3.63) is 71.8 Å². The van der Waals surface area contributed by atoms with Gasteiger partial charge >= 0.3 is 0 Å². The summed E-state index contributed by atoms with van der Waals surface area (Å²) in [6.45, 7) is 2.27. The van der Waals surface area contributed by atoms with Crippen LogP contribution in [0.4, 0.5) is 0 Å². The third-order valence-electron chi connectivity index (χ3n) is 7.12. The van der Waals surface area contributed by atoms with Gasteiger partial charge in [0.15, 0.2) is 0 Å². The maximum Gasteiger partial charge on any atom is 0.216 e. The van der Waals surface area contributed by atoms with E-state index in [-0.39, 0.29) is 11.3 Å². The first kappa shape index (κ1) is 19.2. The van der Waals surface area contributed by atoms with Gasteiger partial charge in [0, 0.05) is 31.0 Å². The Morgan fingerprint density at radius 2 is 1.46 bits per heavy atom. The molecule has 2 bridgehead atoms. The van der Waals surface area contributed by atoms with Crippen LogP contribution >= 0.6 is 0 Å². The van der Waals surface area contributed by atoms with Crippen molar-refractivity contribution >= 4 is 5.91 Å². The van der Waals surface area contributed by atoms with Crippen LogP contribution in [-0.4, -0.2) is 36.5 Å². The van der Waals surface area contributed by atoms with Crippen molar-refractivity contribution in [2.45, 2.75) is 56.5 Å². The van der Waals surface area contributed by atoms with E-state index in [9.17, 15) is 4.79 Å². The number of hydrogen-bond acceptors (Lipinski definition) is 2. The first-order valence-corrected chi connectivity index (χ1v) is 10.7. The zero-order valence-electron chi connectivity index (χ0n) is 17.1. The normalized spacial score (nSPS) is 24.9. The Morgan fingerprint density at radius 3 is 1.93 bits per heavy atom. The highest BCUT2D eigenvalue weighted by molar-refractivity contribution is 5.73. The molecule has 2 aliphatic rings. The van der Waals surface area contributed by atoms with Crippen LogP contribution in [0, 0.1) is 5.92 Å². The van der Waals surface area contributed by atoms with Gasteiger partial charge in [-0.3, -0.25) is 4.79 Å². The number of piperidine rings is 1. The summed E-state index contributed by atoms with van der Waals surface area (Å²) in [5.41, 5.74) is 2.43. The molecule has 2 fully saturated rings. The van der Waals surface area contributed by atoms with Crippen LogP contribution in [0.2, 0.25) is 0 Å². The lowest BCUT2D eigenvalue weighted by molar-refractivity contribution is -0.119. The Bertz CT molecular complexity index is 735. The van der Waals surface area contributed by atoms with Crippen molar-refractivity contribution in [2.75, 3.05) is 13.6 Å². The zero-order chi connectivity index (χ0) is 19.6. The van der Waals surface area contributed by atoms with Gasteiger partial charge in [0.2, 0.25) is 5.91 Å². The largest absolute Gasteiger partial charge is 0.355 e. The molecule has 3 heteroatoms. The fourth-order valence-electron chi connectivity index (χ4n) is 5.65. The summed E-state index contributed by atoms with van der Waals surface area (Å²) >= 11 is 0. The maximum atomic E-state index is 11.9. The van der Waals surface area contributed by atoms with Crippen molar-refractivity contribution in [3.8, 4) is 0 Å². The SMILES string of the molecule is CC(=O)NCC(CC1C[C@@H]2CC[C@@H](C1)N2C)(c1ccccc1)c1ccccc1. The highest BCUT2D eigenvalue weighted by atomic mass is 16.1. The van der Waals surface area contributed by atoms with Gasteiger partial charge in [0.25, 0.3) is 0 Å². The predicted octanol–water partition coefficient (Wildman–Crippen LogP) is 4.37. The van der Waals surface area contributed by atoms with Crippen LogP contribution in [0.15, 0.2) is 60.7 Å². The van der Waals surface area contributed by atoms with E-state index in [4.69, 9.17) is 0 Å². The topological polar surface area (TPSA) is 32.3 Å². The third kappa shape index (κ3) is 3.73. The predicted molar refractivity (Wildman–Crippen MR) is 114 cm³/mol. The molecule has 4 rings (SSSR count). The Hall–Kier alpha value is -2.13. The molecule has 0 aliphatic carbocycles. The van der Waals surface area contributed by atoms with E-state index in [1.165, 1.54) is 36.8 Å². The average molecular weight is 377 g/mol. The number of hydrogen-bond donors (Lipinski definition) is 1. The van der Waals surface area contributed by atoms with Gasteiger partial charge < -0.3 is 10.2 Å². The number of benzene rings is 2. The molecule has 0 spiro atoms. The van der Waals surface area contributed by atoms with E-state index >= 15 is 0 Å². The van der Waals surface area contributed by atoms with E-state index in [1.54, 1.807) is 6.92 Å². The molecular weight excluding hydrogens is 344 g/mol. The lowest BCUT2D eigenvalue weighted by atomic mass is 9.67. The van der Waals surface area contributed by atoms with Gasteiger partial charge in [-0.15, -0.1) is 0 Å². The molecule has 2 aliphatic heterocycles. The van der Waals surface area contributed by atoms with E-state index < -0.39 is 0 Å². The Labute approximate surface area is 169 Å². The van der Waals surface area contributed by atoms with Crippen molar-refractivity contribution in [3.63, 3.8) is 0 Å². The fraction of sp³-hybridized carbons (Fsp3) is 0.480. The number of amides is 1. The van der Waals surface area contributed by atoms with Crippen molar-refractivity contribution in [1.82, 2.24) is 10.2 Å². The molecule has 2 saturated heterocycles. The number of nitrogens with one attached hydrogen (secondary N) is 1. The van der Waals surface area contributed by atoms with Crippen molar-refractivity contribution < 1.29 is 4.79 Å². The fourth-order valence-corrected chi connectivity index (χ4v) is 5.65. The second-order valence-corrected chi connectivity index (χ2v) is 8.82. The monoisotopic (exact) mass is 376 g/mol. The molecule has 2 aromatic rings. The number of carbonyl (C=O) groups is 1. The molecule has 3 nitrogen and oxygen atoms in total. The Kier molecular flexibility index (Phi) is 5.54. The highest BCUT2D eigenvalue weighted by Crippen LogP contribution is 2.45. The minimum atomic E-state index is -0.186. The lowest BCUT2D eigenvalue weighted by Crippen LogP contribution is -2.46. The van der Waals surface area contributed by atoms with Gasteiger partial charge in [-0.1, -0.05) is 60.7 Å². The van der Waals surface area contributed by atoms with Gasteiger partial charge in [-0.25, -0.2) is 0 Å². The molecule has 2 aromatic carbocycles. The average Bonchev–Trinajstić information content (AvgIpc) is 2.93. The molecule has 2 heterocycles. The summed E-state index contributed by atoms with van der Waals surface area (Å²) in [7, 11) is 2.30. The number of nitrogens with zero attached hydrogens (tertiary/aromatic N) is 1. The van der Waals surface area contributed by atoms with Crippen LogP contribution in [0.3, 0.4) is 0 Å². The van der Waals surface area contributed by atoms with Crippen LogP contribution in [-0.2, 0) is 10.2 Å². The van der Waals surface area contributed by atoms with Crippen LogP contribution in [0.5, 0.6) is 0 Å². The number of carbonyl (C=O) groups excluding carboxylic acids is 1. The van der Waals surface area contributed by atoms with Crippen LogP contribution < -0.4 is 5.32 Å². The van der Waals surface area contributed by atoms with E-state index in [1.807, 2.05) is 0 Å². The molecule has 0 radical (unpaired) electrons. The molecule has 1 N–H and O–H groups in total. The Balaban J connectivity index is 1.72. The molecule has 2 atom stereocenters. The number of fused-ring (bicyclic) bond motifs is 2. The summed E-state index contributed by atoms with van der Waals surface area (Å²) in [4.78, 5) is 14.5. The molecule has 148 valence electrons. The Morgan fingerprint density at radius 1 is 0.964 bits per heavy atom. The summed E-state index contributed by atoms with van der Waals surface area (Å²) < 4.78 is 0. The summed E-state index contributed by atoms with van der Waals surface area (Å²) in [5, 5.41) is 3.17. The zero-order valence-corrected chi connectivity index (χ0v) is 17.1. The second-order valence-electron chi connectivity index (χ2n) is 8.82. The minimum absolute atomic E-state index is 0.0414.